The highest BCUT2D eigenvalue weighted by Gasteiger charge is 2.21. The van der Waals surface area contributed by atoms with Crippen LogP contribution in [0.1, 0.15) is 21.9 Å². The second-order valence-corrected chi connectivity index (χ2v) is 7.70. The number of nitrogens with zero attached hydrogens (tertiary/aromatic N) is 1. The van der Waals surface area contributed by atoms with Crippen LogP contribution in [-0.2, 0) is 17.8 Å². The first-order valence-corrected chi connectivity index (χ1v) is 10.3. The van der Waals surface area contributed by atoms with Gasteiger partial charge in [-0.25, -0.2) is 4.79 Å². The van der Waals surface area contributed by atoms with Crippen molar-refractivity contribution in [1.29, 1.82) is 0 Å². The van der Waals surface area contributed by atoms with Crippen molar-refractivity contribution in [3.8, 4) is 0 Å². The van der Waals surface area contributed by atoms with E-state index in [2.05, 4.69) is 20.9 Å². The quantitative estimate of drug-likeness (QED) is 0.597. The molecule has 1 aromatic heterocycles. The maximum Gasteiger partial charge on any atom is 0.315 e. The van der Waals surface area contributed by atoms with E-state index < -0.39 is 0 Å². The van der Waals surface area contributed by atoms with Crippen molar-refractivity contribution in [2.45, 2.75) is 19.2 Å². The van der Waals surface area contributed by atoms with Gasteiger partial charge in [-0.3, -0.25) is 9.69 Å². The number of carbonyl (C=O) groups is 2. The molecule has 1 aliphatic heterocycles. The standard InChI is InChI=1S/C20H24Cl2N4O4/c1-23-19(27)18-5-3-14(30-18)9-24-20(28)25-10-15-12-26(6-7-29-15)11-13-2-4-16(21)17(22)8-13/h2-5,8,15H,6-7,9-12H2,1H3,(H,23,27)(H2,24,25,28)/t15-/m0/s1. The molecular formula is C20H24Cl2N4O4. The Morgan fingerprint density at radius 2 is 2.00 bits per heavy atom. The van der Waals surface area contributed by atoms with Crippen molar-refractivity contribution < 1.29 is 18.7 Å². The third kappa shape index (κ3) is 6.37. The molecule has 0 aliphatic carbocycles. The van der Waals surface area contributed by atoms with E-state index in [-0.39, 0.29) is 30.3 Å². The van der Waals surface area contributed by atoms with Crippen LogP contribution in [0.25, 0.3) is 0 Å². The number of carbonyl (C=O) groups excluding carboxylic acids is 2. The Kier molecular flexibility index (Phi) is 7.98. The molecule has 1 aromatic carbocycles. The molecule has 8 nitrogen and oxygen atoms in total. The van der Waals surface area contributed by atoms with Crippen molar-refractivity contribution in [2.24, 2.45) is 0 Å². The summed E-state index contributed by atoms with van der Waals surface area (Å²) in [6, 6.07) is 8.48. The summed E-state index contributed by atoms with van der Waals surface area (Å²) in [5, 5.41) is 9.06. The van der Waals surface area contributed by atoms with Crippen LogP contribution in [-0.4, -0.2) is 56.2 Å². The van der Waals surface area contributed by atoms with Gasteiger partial charge in [0.15, 0.2) is 5.76 Å². The molecule has 3 rings (SSSR count). The van der Waals surface area contributed by atoms with Crippen molar-refractivity contribution >= 4 is 35.1 Å². The number of ether oxygens (including phenoxy) is 1. The van der Waals surface area contributed by atoms with E-state index >= 15 is 0 Å². The number of morpholine rings is 1. The first-order chi connectivity index (χ1) is 14.4. The molecule has 30 heavy (non-hydrogen) atoms. The lowest BCUT2D eigenvalue weighted by molar-refractivity contribution is -0.0287. The summed E-state index contributed by atoms with van der Waals surface area (Å²) in [5.41, 5.74) is 1.07. The van der Waals surface area contributed by atoms with Gasteiger partial charge in [-0.2, -0.15) is 0 Å². The Labute approximate surface area is 184 Å². The molecule has 1 atom stereocenters. The summed E-state index contributed by atoms with van der Waals surface area (Å²) in [6.45, 7) is 3.37. The maximum atomic E-state index is 12.1. The fourth-order valence-corrected chi connectivity index (χ4v) is 3.42. The number of furan rings is 1. The predicted octanol–water partition coefficient (Wildman–Crippen LogP) is 2.65. The van der Waals surface area contributed by atoms with Crippen LogP contribution in [0, 0.1) is 0 Å². The third-order valence-electron chi connectivity index (χ3n) is 4.64. The van der Waals surface area contributed by atoms with Gasteiger partial charge in [-0.15, -0.1) is 0 Å². The van der Waals surface area contributed by atoms with E-state index in [9.17, 15) is 9.59 Å². The SMILES string of the molecule is CNC(=O)c1ccc(CNC(=O)NC[C@H]2CN(Cc3ccc(Cl)c(Cl)c3)CCO2)o1. The minimum Gasteiger partial charge on any atom is -0.454 e. The van der Waals surface area contributed by atoms with E-state index in [1.54, 1.807) is 18.2 Å². The van der Waals surface area contributed by atoms with Gasteiger partial charge in [0.05, 0.1) is 29.3 Å². The summed E-state index contributed by atoms with van der Waals surface area (Å²) >= 11 is 12.1. The summed E-state index contributed by atoms with van der Waals surface area (Å²) in [7, 11) is 1.52. The lowest BCUT2D eigenvalue weighted by Crippen LogP contribution is -2.48. The van der Waals surface area contributed by atoms with Crippen molar-refractivity contribution in [3.05, 3.63) is 57.5 Å². The van der Waals surface area contributed by atoms with Crippen LogP contribution >= 0.6 is 23.2 Å². The van der Waals surface area contributed by atoms with Gasteiger partial charge in [-0.1, -0.05) is 29.3 Å². The number of hydrogen-bond acceptors (Lipinski definition) is 5. The van der Waals surface area contributed by atoms with Gasteiger partial charge in [0.1, 0.15) is 5.76 Å². The third-order valence-corrected chi connectivity index (χ3v) is 5.38. The van der Waals surface area contributed by atoms with E-state index in [1.165, 1.54) is 7.05 Å². The average molecular weight is 455 g/mol. The topological polar surface area (TPSA) is 95.8 Å². The molecule has 1 aliphatic rings. The summed E-state index contributed by atoms with van der Waals surface area (Å²) in [5.74, 6) is 0.378. The first-order valence-electron chi connectivity index (χ1n) is 9.55. The first kappa shape index (κ1) is 22.4. The van der Waals surface area contributed by atoms with Crippen molar-refractivity contribution in [2.75, 3.05) is 33.3 Å². The second-order valence-electron chi connectivity index (χ2n) is 6.89. The van der Waals surface area contributed by atoms with E-state index in [0.29, 0.717) is 35.5 Å². The molecule has 0 radical (unpaired) electrons. The molecule has 10 heteroatoms. The molecule has 1 saturated heterocycles. The lowest BCUT2D eigenvalue weighted by atomic mass is 10.2. The Morgan fingerprint density at radius 3 is 2.77 bits per heavy atom. The monoisotopic (exact) mass is 454 g/mol. The van der Waals surface area contributed by atoms with Gasteiger partial charge >= 0.3 is 6.03 Å². The summed E-state index contributed by atoms with van der Waals surface area (Å²) < 4.78 is 11.1. The van der Waals surface area contributed by atoms with Crippen LogP contribution in [0.4, 0.5) is 4.79 Å². The van der Waals surface area contributed by atoms with Crippen molar-refractivity contribution in [3.63, 3.8) is 0 Å². The number of hydrogen-bond donors (Lipinski definition) is 3. The second kappa shape index (κ2) is 10.7. The van der Waals surface area contributed by atoms with Gasteiger partial charge in [0.2, 0.25) is 0 Å². The Bertz CT molecular complexity index is 889. The zero-order valence-electron chi connectivity index (χ0n) is 16.5. The zero-order valence-corrected chi connectivity index (χ0v) is 18.1. The van der Waals surface area contributed by atoms with E-state index in [0.717, 1.165) is 18.7 Å². The lowest BCUT2D eigenvalue weighted by Gasteiger charge is -2.33. The molecule has 1 fully saturated rings. The summed E-state index contributed by atoms with van der Waals surface area (Å²) in [4.78, 5) is 25.8. The smallest absolute Gasteiger partial charge is 0.315 e. The molecule has 3 amide bonds. The number of benzene rings is 1. The fourth-order valence-electron chi connectivity index (χ4n) is 3.10. The van der Waals surface area contributed by atoms with Crippen LogP contribution in [0.3, 0.4) is 0 Å². The minimum atomic E-state index is -0.335. The Balaban J connectivity index is 1.40. The predicted molar refractivity (Wildman–Crippen MR) is 114 cm³/mol. The van der Waals surface area contributed by atoms with Crippen molar-refractivity contribution in [1.82, 2.24) is 20.9 Å². The molecular weight excluding hydrogens is 431 g/mol. The molecule has 0 bridgehead atoms. The van der Waals surface area contributed by atoms with Gasteiger partial charge < -0.3 is 25.1 Å². The average Bonchev–Trinajstić information content (AvgIpc) is 3.22. The molecule has 3 N–H and O–H groups in total. The molecule has 0 spiro atoms. The molecule has 162 valence electrons. The maximum absolute atomic E-state index is 12.1. The van der Waals surface area contributed by atoms with Crippen LogP contribution < -0.4 is 16.0 Å². The van der Waals surface area contributed by atoms with E-state index in [1.807, 2.05) is 12.1 Å². The Morgan fingerprint density at radius 1 is 1.17 bits per heavy atom. The highest BCUT2D eigenvalue weighted by molar-refractivity contribution is 6.42. The normalized spacial score (nSPS) is 16.8. The molecule has 2 heterocycles. The molecule has 0 saturated carbocycles. The largest absolute Gasteiger partial charge is 0.454 e. The number of nitrogens with one attached hydrogen (secondary N) is 3. The van der Waals surface area contributed by atoms with Crippen LogP contribution in [0.5, 0.6) is 0 Å². The summed E-state index contributed by atoms with van der Waals surface area (Å²) in [6.07, 6.45) is -0.115. The van der Waals surface area contributed by atoms with E-state index in [4.69, 9.17) is 32.4 Å². The minimum absolute atomic E-state index is 0.115. The fraction of sp³-hybridized carbons (Fsp3) is 0.400. The number of rotatable bonds is 7. The zero-order chi connectivity index (χ0) is 21.5. The van der Waals surface area contributed by atoms with Gasteiger partial charge in [-0.05, 0) is 29.8 Å². The van der Waals surface area contributed by atoms with Gasteiger partial charge in [0, 0.05) is 33.2 Å². The number of halogens is 2. The number of urea groups is 1. The molecule has 0 unspecified atom stereocenters. The number of amides is 3. The Hall–Kier alpha value is -2.26. The van der Waals surface area contributed by atoms with Crippen LogP contribution in [0.15, 0.2) is 34.7 Å². The highest BCUT2D eigenvalue weighted by atomic mass is 35.5. The molecule has 2 aromatic rings. The highest BCUT2D eigenvalue weighted by Crippen LogP contribution is 2.23. The van der Waals surface area contributed by atoms with Crippen LogP contribution in [0.2, 0.25) is 10.0 Å². The van der Waals surface area contributed by atoms with Gasteiger partial charge in [0.25, 0.3) is 5.91 Å².